The monoisotopic (exact) mass is 244 g/mol. The van der Waals surface area contributed by atoms with E-state index in [2.05, 4.69) is 20.3 Å². The fraction of sp³-hybridized carbons (Fsp3) is 0.0909. The molecule has 0 radical (unpaired) electrons. The van der Waals surface area contributed by atoms with E-state index in [1.807, 2.05) is 0 Å². The lowest BCUT2D eigenvalue weighted by molar-refractivity contribution is 0.0996. The van der Waals surface area contributed by atoms with E-state index >= 15 is 0 Å². The van der Waals surface area contributed by atoms with Crippen LogP contribution in [-0.2, 0) is 6.54 Å². The first-order chi connectivity index (χ1) is 8.66. The summed E-state index contributed by atoms with van der Waals surface area (Å²) in [6.07, 6.45) is 3.09. The summed E-state index contributed by atoms with van der Waals surface area (Å²) in [4.78, 5) is 22.9. The molecule has 1 amide bonds. The molecular formula is C11H12N6O. The van der Waals surface area contributed by atoms with Crippen molar-refractivity contribution >= 4 is 17.4 Å². The zero-order valence-electron chi connectivity index (χ0n) is 9.50. The quantitative estimate of drug-likeness (QED) is 0.704. The normalized spacial score (nSPS) is 10.0. The third kappa shape index (κ3) is 2.70. The average Bonchev–Trinajstić information content (AvgIpc) is 2.38. The van der Waals surface area contributed by atoms with Gasteiger partial charge in [-0.1, -0.05) is 0 Å². The summed E-state index contributed by atoms with van der Waals surface area (Å²) >= 11 is 0. The summed E-state index contributed by atoms with van der Waals surface area (Å²) in [7, 11) is 0. The summed E-state index contributed by atoms with van der Waals surface area (Å²) in [6, 6.07) is 4.82. The number of hydrogen-bond donors (Lipinski definition) is 3. The van der Waals surface area contributed by atoms with Gasteiger partial charge in [-0.15, -0.1) is 0 Å². The fourth-order valence-corrected chi connectivity index (χ4v) is 1.35. The zero-order chi connectivity index (χ0) is 13.0. The van der Waals surface area contributed by atoms with Gasteiger partial charge < -0.3 is 16.8 Å². The van der Waals surface area contributed by atoms with Crippen LogP contribution in [0.5, 0.6) is 0 Å². The number of carbonyl (C=O) groups is 1. The lowest BCUT2D eigenvalue weighted by atomic mass is 10.3. The highest BCUT2D eigenvalue weighted by Crippen LogP contribution is 2.16. The van der Waals surface area contributed by atoms with Crippen molar-refractivity contribution in [3.05, 3.63) is 42.1 Å². The second kappa shape index (κ2) is 5.09. The highest BCUT2D eigenvalue weighted by atomic mass is 16.1. The summed E-state index contributed by atoms with van der Waals surface area (Å²) in [5.41, 5.74) is 12.3. The van der Waals surface area contributed by atoms with Gasteiger partial charge in [0.15, 0.2) is 0 Å². The minimum Gasteiger partial charge on any atom is -0.396 e. The number of nitrogens with two attached hydrogens (primary N) is 2. The Morgan fingerprint density at radius 1 is 1.33 bits per heavy atom. The zero-order valence-corrected chi connectivity index (χ0v) is 9.50. The van der Waals surface area contributed by atoms with E-state index in [9.17, 15) is 4.79 Å². The van der Waals surface area contributed by atoms with Gasteiger partial charge in [-0.2, -0.15) is 0 Å². The minimum absolute atomic E-state index is 0.161. The third-order valence-corrected chi connectivity index (χ3v) is 2.26. The van der Waals surface area contributed by atoms with Crippen LogP contribution < -0.4 is 16.8 Å². The number of nitrogens with zero attached hydrogens (tertiary/aromatic N) is 3. The predicted octanol–water partition coefficient (Wildman–Crippen LogP) is 0.165. The van der Waals surface area contributed by atoms with Crippen molar-refractivity contribution in [2.75, 3.05) is 11.1 Å². The molecule has 0 fully saturated rings. The molecule has 18 heavy (non-hydrogen) atoms. The highest BCUT2D eigenvalue weighted by Gasteiger charge is 2.07. The van der Waals surface area contributed by atoms with E-state index in [1.54, 1.807) is 18.3 Å². The number of nitrogens with one attached hydrogen (secondary N) is 1. The van der Waals surface area contributed by atoms with Gasteiger partial charge >= 0.3 is 0 Å². The Labute approximate surface area is 103 Å². The molecule has 0 saturated carbocycles. The number of aromatic nitrogens is 3. The van der Waals surface area contributed by atoms with Crippen LogP contribution in [0.4, 0.5) is 11.5 Å². The Balaban J connectivity index is 2.14. The van der Waals surface area contributed by atoms with E-state index in [-0.39, 0.29) is 5.69 Å². The molecule has 2 aromatic heterocycles. The second-order valence-corrected chi connectivity index (χ2v) is 3.55. The first-order valence-corrected chi connectivity index (χ1v) is 5.22. The Bertz CT molecular complexity index is 557. The molecule has 5 N–H and O–H groups in total. The highest BCUT2D eigenvalue weighted by molar-refractivity contribution is 5.91. The van der Waals surface area contributed by atoms with Crippen LogP contribution in [0.2, 0.25) is 0 Å². The first kappa shape index (κ1) is 11.8. The van der Waals surface area contributed by atoms with E-state index in [1.165, 1.54) is 12.4 Å². The molecule has 0 bridgehead atoms. The molecule has 0 unspecified atom stereocenters. The molecule has 92 valence electrons. The molecule has 0 spiro atoms. The molecule has 2 heterocycles. The molecule has 0 atom stereocenters. The minimum atomic E-state index is -0.597. The maximum Gasteiger partial charge on any atom is 0.267 e. The van der Waals surface area contributed by atoms with Crippen molar-refractivity contribution in [1.82, 2.24) is 15.0 Å². The summed E-state index contributed by atoms with van der Waals surface area (Å²) in [5, 5.41) is 2.99. The van der Waals surface area contributed by atoms with Crippen molar-refractivity contribution in [3.63, 3.8) is 0 Å². The average molecular weight is 244 g/mol. The van der Waals surface area contributed by atoms with Gasteiger partial charge in [0.05, 0.1) is 17.9 Å². The lowest BCUT2D eigenvalue weighted by Crippen LogP contribution is -2.15. The Hall–Kier alpha value is -2.70. The SMILES string of the molecule is NC(=O)c1ccc(N)c(NCc2ccncn2)n1. The van der Waals surface area contributed by atoms with Gasteiger partial charge in [-0.05, 0) is 18.2 Å². The second-order valence-electron chi connectivity index (χ2n) is 3.55. The van der Waals surface area contributed by atoms with Gasteiger partial charge in [-0.25, -0.2) is 15.0 Å². The summed E-state index contributed by atoms with van der Waals surface area (Å²) < 4.78 is 0. The van der Waals surface area contributed by atoms with E-state index in [0.29, 0.717) is 18.1 Å². The third-order valence-electron chi connectivity index (χ3n) is 2.26. The number of hydrogen-bond acceptors (Lipinski definition) is 6. The number of carbonyl (C=O) groups excluding carboxylic acids is 1. The van der Waals surface area contributed by atoms with Crippen LogP contribution in [-0.4, -0.2) is 20.9 Å². The summed E-state index contributed by atoms with van der Waals surface area (Å²) in [5.74, 6) is -0.190. The van der Waals surface area contributed by atoms with Crippen LogP contribution >= 0.6 is 0 Å². The maximum atomic E-state index is 11.0. The predicted molar refractivity (Wildman–Crippen MR) is 66.5 cm³/mol. The number of rotatable bonds is 4. The van der Waals surface area contributed by atoms with E-state index < -0.39 is 5.91 Å². The Morgan fingerprint density at radius 2 is 2.17 bits per heavy atom. The van der Waals surface area contributed by atoms with Gasteiger partial charge in [0.25, 0.3) is 5.91 Å². The Morgan fingerprint density at radius 3 is 2.83 bits per heavy atom. The van der Waals surface area contributed by atoms with Crippen molar-refractivity contribution in [1.29, 1.82) is 0 Å². The standard InChI is InChI=1S/C11H12N6O/c12-8-1-2-9(10(13)18)17-11(8)15-5-7-3-4-14-6-16-7/h1-4,6H,5,12H2,(H2,13,18)(H,15,17). The first-order valence-electron chi connectivity index (χ1n) is 5.22. The van der Waals surface area contributed by atoms with Gasteiger partial charge in [0.1, 0.15) is 17.8 Å². The molecule has 7 heteroatoms. The number of amides is 1. The largest absolute Gasteiger partial charge is 0.396 e. The summed E-state index contributed by atoms with van der Waals surface area (Å²) in [6.45, 7) is 0.432. The van der Waals surface area contributed by atoms with Crippen molar-refractivity contribution in [3.8, 4) is 0 Å². The molecule has 2 aromatic rings. The molecule has 0 saturated heterocycles. The number of anilines is 2. The molecule has 7 nitrogen and oxygen atoms in total. The molecule has 0 aromatic carbocycles. The van der Waals surface area contributed by atoms with Gasteiger partial charge in [0, 0.05) is 6.20 Å². The van der Waals surface area contributed by atoms with Crippen LogP contribution in [0.1, 0.15) is 16.2 Å². The maximum absolute atomic E-state index is 11.0. The van der Waals surface area contributed by atoms with E-state index in [4.69, 9.17) is 11.5 Å². The molecule has 0 aliphatic rings. The molecular weight excluding hydrogens is 232 g/mol. The van der Waals surface area contributed by atoms with E-state index in [0.717, 1.165) is 5.69 Å². The van der Waals surface area contributed by atoms with Crippen LogP contribution in [0.3, 0.4) is 0 Å². The topological polar surface area (TPSA) is 120 Å². The number of pyridine rings is 1. The fourth-order valence-electron chi connectivity index (χ4n) is 1.35. The van der Waals surface area contributed by atoms with Crippen molar-refractivity contribution in [2.45, 2.75) is 6.54 Å². The smallest absolute Gasteiger partial charge is 0.267 e. The van der Waals surface area contributed by atoms with Gasteiger partial charge in [0.2, 0.25) is 0 Å². The van der Waals surface area contributed by atoms with Crippen molar-refractivity contribution < 1.29 is 4.79 Å². The van der Waals surface area contributed by atoms with Crippen LogP contribution in [0.15, 0.2) is 30.7 Å². The van der Waals surface area contributed by atoms with Crippen LogP contribution in [0.25, 0.3) is 0 Å². The Kier molecular flexibility index (Phi) is 3.33. The molecule has 2 rings (SSSR count). The molecule has 0 aliphatic heterocycles. The number of primary amides is 1. The number of nitrogen functional groups attached to an aromatic ring is 1. The lowest BCUT2D eigenvalue weighted by Gasteiger charge is -2.08. The molecule has 0 aliphatic carbocycles. The van der Waals surface area contributed by atoms with Crippen molar-refractivity contribution in [2.24, 2.45) is 5.73 Å². The van der Waals surface area contributed by atoms with Gasteiger partial charge in [-0.3, -0.25) is 4.79 Å². The van der Waals surface area contributed by atoms with Crippen LogP contribution in [0, 0.1) is 0 Å².